The van der Waals surface area contributed by atoms with Crippen molar-refractivity contribution in [2.24, 2.45) is 27.7 Å². The van der Waals surface area contributed by atoms with E-state index in [2.05, 4.69) is 90.7 Å². The van der Waals surface area contributed by atoms with E-state index in [1.807, 2.05) is 82.0 Å². The number of likely N-dealkylation sites (N-methyl/N-ethyl adjacent to an activating group) is 2. The van der Waals surface area contributed by atoms with Gasteiger partial charge in [-0.05, 0) is 97.0 Å². The van der Waals surface area contributed by atoms with Crippen LogP contribution in [0, 0.1) is 29.6 Å². The third-order valence-corrected chi connectivity index (χ3v) is 15.8. The number of Topliss-reactive ketones (excluding diaryl/α,β-unsaturated/α-hetero) is 1. The van der Waals surface area contributed by atoms with Gasteiger partial charge in [0.15, 0.2) is 5.78 Å². The average Bonchev–Trinajstić information content (AvgIpc) is 3.80. The van der Waals surface area contributed by atoms with E-state index in [1.165, 1.54) is 18.1 Å². The van der Waals surface area contributed by atoms with Gasteiger partial charge in [0.05, 0.1) is 49.8 Å². The summed E-state index contributed by atoms with van der Waals surface area (Å²) < 4.78 is 11.3. The van der Waals surface area contributed by atoms with Crippen molar-refractivity contribution in [3.05, 3.63) is 83.1 Å². The van der Waals surface area contributed by atoms with Crippen LogP contribution in [0.3, 0.4) is 0 Å². The van der Waals surface area contributed by atoms with Crippen molar-refractivity contribution in [2.75, 3.05) is 59.5 Å². The molecule has 0 saturated carbocycles. The SMILES string of the molecule is C=C(N(C/C=C(\C)CCC(C)C)CC(=NC(=O)[C@H](C)NC)C(C)=O)C(C)(C)C.CCN[C@@H](C)C(=O)NCC1CN(C(=O)C(C)(C)C)CCC2CCC(CC(=O)N[C@@H]3CCOc4ccccc43)N2C1=O.Cc1ccc2c(c1)OCC[C@H]2NC=O. The van der Waals surface area contributed by atoms with Crippen molar-refractivity contribution < 1.29 is 43.0 Å². The second-order valence-corrected chi connectivity index (χ2v) is 25.2. The number of hydrogen-bond donors (Lipinski definition) is 5. The minimum absolute atomic E-state index is 0.00163. The molecule has 2 aromatic rings. The number of fused-ring (bicyclic) bond motifs is 3. The standard InChI is InChI=1S/C31H47N5O5.C23H41N3O2.C11H13NO2/c1-6-32-20(2)28(38)33-18-21-19-35(30(40)31(3,4)5)15-13-22-11-12-23(36(22)29(21)39)17-27(37)34-25-14-16-41-26-10-8-7-9-24(25)26;1-16(2)11-12-17(3)13-14-26(20(6)23(7,8)9)15-21(19(5)27)25-22(28)18(4)24-10;1-8-2-3-9-10(12-7-13)4-5-14-11(9)6-8/h7-10,20-23,25,32H,6,11-19H2,1-5H3,(H,33,38)(H,34,37);13,16,18,24H,6,11-12,14-15H2,1-5,7-10H3;2-3,6-7,10H,4-5H2,1H3,(H,12,13)/b;17-13+,25-21?;/t20-,21?,22?,23?,25+;18-;10-/m001/s1. The predicted octanol–water partition coefficient (Wildman–Crippen LogP) is 8.34. The van der Waals surface area contributed by atoms with Crippen LogP contribution in [0.15, 0.2) is 71.4 Å². The van der Waals surface area contributed by atoms with Crippen molar-refractivity contribution in [3.63, 3.8) is 0 Å². The topological polar surface area (TPSA) is 220 Å². The van der Waals surface area contributed by atoms with Gasteiger partial charge in [0.1, 0.15) is 17.2 Å². The fraction of sp³-hybridized carbons (Fsp3) is 0.631. The Balaban J connectivity index is 0.000000302. The number of nitrogens with zero attached hydrogens (tertiary/aromatic N) is 4. The normalized spacial score (nSPS) is 20.5. The second-order valence-electron chi connectivity index (χ2n) is 25.2. The molecule has 18 nitrogen and oxygen atoms in total. The number of ether oxygens (including phenoxy) is 2. The minimum Gasteiger partial charge on any atom is -0.493 e. The monoisotopic (exact) mass is 1150 g/mol. The molecule has 0 aliphatic carbocycles. The van der Waals surface area contributed by atoms with Gasteiger partial charge in [-0.25, -0.2) is 4.99 Å². The number of benzene rings is 2. The van der Waals surface area contributed by atoms with Crippen LogP contribution in [0.4, 0.5) is 0 Å². The molecule has 6 rings (SSSR count). The Labute approximate surface area is 496 Å². The van der Waals surface area contributed by atoms with E-state index in [0.717, 1.165) is 66.8 Å². The molecule has 6 amide bonds. The maximum atomic E-state index is 14.1. The summed E-state index contributed by atoms with van der Waals surface area (Å²) in [7, 11) is 1.70. The first-order valence-corrected chi connectivity index (χ1v) is 30.1. The molecule has 5 N–H and O–H groups in total. The first kappa shape index (κ1) is 69.1. The number of carbonyl (C=O) groups is 7. The lowest BCUT2D eigenvalue weighted by atomic mass is 9.91. The van der Waals surface area contributed by atoms with Crippen molar-refractivity contribution in [1.29, 1.82) is 0 Å². The summed E-state index contributed by atoms with van der Waals surface area (Å²) in [6.45, 7) is 35.4. The highest BCUT2D eigenvalue weighted by atomic mass is 16.5. The summed E-state index contributed by atoms with van der Waals surface area (Å²) in [6, 6.07) is 12.7. The number of allylic oxidation sites excluding steroid dienone is 2. The summed E-state index contributed by atoms with van der Waals surface area (Å²) in [5.74, 6) is 0.894. The third kappa shape index (κ3) is 21.3. The number of carbonyl (C=O) groups excluding carboxylic acids is 7. The highest BCUT2D eigenvalue weighted by Crippen LogP contribution is 2.36. The molecule has 4 heterocycles. The first-order valence-electron chi connectivity index (χ1n) is 30.1. The Morgan fingerprint density at radius 2 is 1.53 bits per heavy atom. The van der Waals surface area contributed by atoms with Gasteiger partial charge in [0.25, 0.3) is 5.91 Å². The van der Waals surface area contributed by atoms with Crippen molar-refractivity contribution in [2.45, 2.75) is 185 Å². The van der Waals surface area contributed by atoms with Crippen LogP contribution < -0.4 is 36.1 Å². The summed E-state index contributed by atoms with van der Waals surface area (Å²) >= 11 is 0. The number of ketones is 1. The van der Waals surface area contributed by atoms with Gasteiger partial charge >= 0.3 is 0 Å². The molecule has 0 aromatic heterocycles. The van der Waals surface area contributed by atoms with Crippen LogP contribution in [-0.2, 0) is 33.6 Å². The lowest BCUT2D eigenvalue weighted by molar-refractivity contribution is -0.147. The molecule has 83 heavy (non-hydrogen) atoms. The summed E-state index contributed by atoms with van der Waals surface area (Å²) in [4.78, 5) is 98.0. The maximum Gasteiger partial charge on any atom is 0.262 e. The van der Waals surface area contributed by atoms with Gasteiger partial charge in [-0.3, -0.25) is 33.6 Å². The van der Waals surface area contributed by atoms with Crippen LogP contribution in [-0.4, -0.2) is 146 Å². The van der Waals surface area contributed by atoms with E-state index in [4.69, 9.17) is 9.47 Å². The molecule has 2 fully saturated rings. The zero-order valence-electron chi connectivity index (χ0n) is 52.8. The molecule has 0 radical (unpaired) electrons. The molecule has 460 valence electrons. The number of rotatable bonds is 21. The Morgan fingerprint density at radius 1 is 0.867 bits per heavy atom. The Morgan fingerprint density at radius 3 is 2.16 bits per heavy atom. The van der Waals surface area contributed by atoms with Gasteiger partial charge in [0, 0.05) is 92.1 Å². The van der Waals surface area contributed by atoms with Gasteiger partial charge in [-0.15, -0.1) is 0 Å². The number of hydrogen-bond acceptors (Lipinski definition) is 12. The lowest BCUT2D eigenvalue weighted by Crippen LogP contribution is -2.56. The fourth-order valence-electron chi connectivity index (χ4n) is 10.4. The van der Waals surface area contributed by atoms with Gasteiger partial charge in [-0.1, -0.05) is 111 Å². The maximum absolute atomic E-state index is 14.1. The predicted molar refractivity (Wildman–Crippen MR) is 329 cm³/mol. The molecular formula is C65H101N9O9. The zero-order chi connectivity index (χ0) is 61.8. The van der Waals surface area contributed by atoms with Gasteiger partial charge < -0.3 is 50.8 Å². The number of amides is 6. The van der Waals surface area contributed by atoms with Crippen LogP contribution in [0.5, 0.6) is 11.5 Å². The Bertz CT molecular complexity index is 2600. The highest BCUT2D eigenvalue weighted by molar-refractivity contribution is 6.41. The van der Waals surface area contributed by atoms with Crippen LogP contribution in [0.25, 0.3) is 0 Å². The van der Waals surface area contributed by atoms with Gasteiger partial charge in [0.2, 0.25) is 30.0 Å². The minimum atomic E-state index is -0.590. The second kappa shape index (κ2) is 32.6. The molecule has 3 unspecified atom stereocenters. The first-order chi connectivity index (χ1) is 39.1. The molecule has 7 atom stereocenters. The van der Waals surface area contributed by atoms with E-state index < -0.39 is 17.4 Å². The van der Waals surface area contributed by atoms with Gasteiger partial charge in [-0.2, -0.15) is 0 Å². The van der Waals surface area contributed by atoms with Crippen LogP contribution in [0.1, 0.15) is 170 Å². The van der Waals surface area contributed by atoms with Crippen molar-refractivity contribution in [1.82, 2.24) is 41.3 Å². The summed E-state index contributed by atoms with van der Waals surface area (Å²) in [5, 5.41) is 14.9. The van der Waals surface area contributed by atoms with E-state index in [-0.39, 0.29) is 103 Å². The number of para-hydroxylation sites is 1. The van der Waals surface area contributed by atoms with Crippen LogP contribution in [0.2, 0.25) is 0 Å². The summed E-state index contributed by atoms with van der Waals surface area (Å²) in [5.41, 5.74) is 5.02. The number of nitrogens with one attached hydrogen (secondary N) is 5. The highest BCUT2D eigenvalue weighted by Gasteiger charge is 2.44. The molecule has 2 aromatic carbocycles. The smallest absolute Gasteiger partial charge is 0.262 e. The Kier molecular flexibility index (Phi) is 27.1. The number of aryl methyl sites for hydroxylation is 1. The van der Waals surface area contributed by atoms with Crippen molar-refractivity contribution in [3.8, 4) is 11.5 Å². The fourth-order valence-corrected chi connectivity index (χ4v) is 10.4. The van der Waals surface area contributed by atoms with E-state index >= 15 is 0 Å². The zero-order valence-corrected chi connectivity index (χ0v) is 52.8. The molecule has 2 saturated heterocycles. The van der Waals surface area contributed by atoms with Crippen LogP contribution >= 0.6 is 0 Å². The van der Waals surface area contributed by atoms with E-state index in [1.54, 1.807) is 25.8 Å². The van der Waals surface area contributed by atoms with E-state index in [0.29, 0.717) is 51.6 Å². The molecule has 0 bridgehead atoms. The molecule has 0 spiro atoms. The molecule has 4 aliphatic heterocycles. The average molecular weight is 1150 g/mol. The molecular weight excluding hydrogens is 1050 g/mol. The van der Waals surface area contributed by atoms with Crippen molar-refractivity contribution >= 4 is 47.4 Å². The quantitative estimate of drug-likeness (QED) is 0.0453. The van der Waals surface area contributed by atoms with E-state index in [9.17, 15) is 33.6 Å². The third-order valence-electron chi connectivity index (χ3n) is 15.8. The number of aliphatic imine (C=N–C) groups is 1. The molecule has 4 aliphatic rings. The molecule has 18 heteroatoms. The summed E-state index contributed by atoms with van der Waals surface area (Å²) in [6.07, 6.45) is 9.11. The Hall–Kier alpha value is -6.40. The largest absolute Gasteiger partial charge is 0.493 e. The lowest BCUT2D eigenvalue weighted by Gasteiger charge is -2.40.